The molecule has 1 saturated carbocycles. The molecule has 0 unspecified atom stereocenters. The van der Waals surface area contributed by atoms with Crippen LogP contribution >= 0.6 is 0 Å². The third-order valence-electron chi connectivity index (χ3n) is 7.50. The van der Waals surface area contributed by atoms with Crippen molar-refractivity contribution in [2.75, 3.05) is 10.2 Å². The number of carbonyl (C=O) groups is 2. The maximum atomic E-state index is 12.6. The van der Waals surface area contributed by atoms with Crippen molar-refractivity contribution >= 4 is 23.2 Å². The van der Waals surface area contributed by atoms with E-state index in [0.29, 0.717) is 18.1 Å². The van der Waals surface area contributed by atoms with Crippen molar-refractivity contribution < 1.29 is 14.1 Å². The molecule has 1 fully saturated rings. The number of nitrogens with zero attached hydrogens (tertiary/aromatic N) is 3. The van der Waals surface area contributed by atoms with Gasteiger partial charge in [0.05, 0.1) is 12.6 Å². The lowest BCUT2D eigenvalue weighted by Gasteiger charge is -2.40. The Morgan fingerprint density at radius 1 is 1.05 bits per heavy atom. The van der Waals surface area contributed by atoms with Crippen LogP contribution < -0.4 is 15.5 Å². The van der Waals surface area contributed by atoms with Crippen molar-refractivity contribution in [2.45, 2.75) is 77.4 Å². The Morgan fingerprint density at radius 2 is 1.81 bits per heavy atom. The number of amides is 2. The predicted molar refractivity (Wildman–Crippen MR) is 143 cm³/mol. The summed E-state index contributed by atoms with van der Waals surface area (Å²) in [6.07, 6.45) is 6.70. The second-order valence-electron chi connectivity index (χ2n) is 10.1. The molecule has 2 N–H and O–H groups in total. The standard InChI is InChI=1S/C29H35N5O3/c1-3-27(35)34-19(2)17-24(23-11-7-8-12-25(23)34)31-22-15-13-21(14-16-22)29-32-26(33-37-29)18-30-28(36)20-9-5-4-6-10-20/h7-8,11-16,19-20,24,31H,3-6,9-10,17-18H2,1-2H3,(H,30,36)/t19-,24+/m0/s1. The average Bonchev–Trinajstić information content (AvgIpc) is 3.41. The van der Waals surface area contributed by atoms with Gasteiger partial charge < -0.3 is 20.1 Å². The Hall–Kier alpha value is -3.68. The smallest absolute Gasteiger partial charge is 0.257 e. The number of anilines is 2. The van der Waals surface area contributed by atoms with E-state index in [4.69, 9.17) is 4.52 Å². The van der Waals surface area contributed by atoms with Crippen LogP contribution in [0.5, 0.6) is 0 Å². The Labute approximate surface area is 217 Å². The minimum Gasteiger partial charge on any atom is -0.378 e. The lowest BCUT2D eigenvalue weighted by molar-refractivity contribution is -0.126. The quantitative estimate of drug-likeness (QED) is 0.436. The number of para-hydroxylation sites is 1. The molecular formula is C29H35N5O3. The van der Waals surface area contributed by atoms with Crippen LogP contribution in [-0.4, -0.2) is 28.0 Å². The number of hydrogen-bond acceptors (Lipinski definition) is 6. The number of rotatable bonds is 7. The fraction of sp³-hybridized carbons (Fsp3) is 0.448. The third kappa shape index (κ3) is 5.53. The molecule has 2 amide bonds. The molecule has 8 heteroatoms. The topological polar surface area (TPSA) is 100 Å². The van der Waals surface area contributed by atoms with E-state index in [1.54, 1.807) is 0 Å². The first-order valence-electron chi connectivity index (χ1n) is 13.4. The van der Waals surface area contributed by atoms with Crippen molar-refractivity contribution in [2.24, 2.45) is 5.92 Å². The van der Waals surface area contributed by atoms with Gasteiger partial charge in [-0.1, -0.05) is 49.5 Å². The highest BCUT2D eigenvalue weighted by Gasteiger charge is 2.32. The Kier molecular flexibility index (Phi) is 7.53. The van der Waals surface area contributed by atoms with Crippen LogP contribution in [0.3, 0.4) is 0 Å². The molecule has 2 aromatic carbocycles. The minimum atomic E-state index is 0.0854. The Bertz CT molecular complexity index is 1230. The van der Waals surface area contributed by atoms with E-state index in [2.05, 4.69) is 33.8 Å². The first kappa shape index (κ1) is 25.0. The number of hydrogen-bond donors (Lipinski definition) is 2. The molecule has 194 valence electrons. The summed E-state index contributed by atoms with van der Waals surface area (Å²) in [6, 6.07) is 16.2. The number of benzene rings is 2. The summed E-state index contributed by atoms with van der Waals surface area (Å²) < 4.78 is 5.45. The maximum absolute atomic E-state index is 12.6. The Balaban J connectivity index is 1.23. The fourth-order valence-electron chi connectivity index (χ4n) is 5.53. The van der Waals surface area contributed by atoms with E-state index in [1.165, 1.54) is 6.42 Å². The zero-order valence-electron chi connectivity index (χ0n) is 21.6. The molecule has 0 bridgehead atoms. The second kappa shape index (κ2) is 11.2. The van der Waals surface area contributed by atoms with Gasteiger partial charge in [0.15, 0.2) is 5.82 Å². The summed E-state index contributed by atoms with van der Waals surface area (Å²) in [5.74, 6) is 1.24. The van der Waals surface area contributed by atoms with Crippen LogP contribution in [0.4, 0.5) is 11.4 Å². The summed E-state index contributed by atoms with van der Waals surface area (Å²) in [5.41, 5.74) is 3.91. The summed E-state index contributed by atoms with van der Waals surface area (Å²) >= 11 is 0. The summed E-state index contributed by atoms with van der Waals surface area (Å²) in [4.78, 5) is 31.4. The Morgan fingerprint density at radius 3 is 2.57 bits per heavy atom. The van der Waals surface area contributed by atoms with E-state index >= 15 is 0 Å². The van der Waals surface area contributed by atoms with Gasteiger partial charge in [-0.05, 0) is 62.1 Å². The molecule has 2 aliphatic rings. The van der Waals surface area contributed by atoms with E-state index in [-0.39, 0.29) is 36.4 Å². The van der Waals surface area contributed by atoms with Gasteiger partial charge in [0.2, 0.25) is 11.8 Å². The van der Waals surface area contributed by atoms with E-state index < -0.39 is 0 Å². The van der Waals surface area contributed by atoms with Crippen molar-refractivity contribution in [3.05, 3.63) is 59.9 Å². The highest BCUT2D eigenvalue weighted by atomic mass is 16.5. The monoisotopic (exact) mass is 501 g/mol. The molecule has 2 atom stereocenters. The van der Waals surface area contributed by atoms with Crippen molar-refractivity contribution in [3.63, 3.8) is 0 Å². The van der Waals surface area contributed by atoms with Gasteiger partial charge in [-0.3, -0.25) is 9.59 Å². The van der Waals surface area contributed by atoms with E-state index in [0.717, 1.165) is 54.6 Å². The molecule has 0 saturated heterocycles. The summed E-state index contributed by atoms with van der Waals surface area (Å²) in [7, 11) is 0. The van der Waals surface area contributed by atoms with Crippen LogP contribution in [0.25, 0.3) is 11.5 Å². The van der Waals surface area contributed by atoms with Crippen LogP contribution in [0.15, 0.2) is 53.1 Å². The van der Waals surface area contributed by atoms with Crippen LogP contribution in [-0.2, 0) is 16.1 Å². The average molecular weight is 502 g/mol. The molecule has 0 spiro atoms. The van der Waals surface area contributed by atoms with E-state index in [1.807, 2.05) is 54.3 Å². The highest BCUT2D eigenvalue weighted by molar-refractivity contribution is 5.95. The maximum Gasteiger partial charge on any atom is 0.257 e. The van der Waals surface area contributed by atoms with Crippen LogP contribution in [0, 0.1) is 5.92 Å². The first-order chi connectivity index (χ1) is 18.0. The van der Waals surface area contributed by atoms with Gasteiger partial charge in [0, 0.05) is 35.3 Å². The SMILES string of the molecule is CCC(=O)N1c2ccccc2[C@H](Nc2ccc(-c3nc(CNC(=O)C4CCCCC4)no3)cc2)C[C@@H]1C. The minimum absolute atomic E-state index is 0.0854. The van der Waals surface area contributed by atoms with Gasteiger partial charge in [-0.25, -0.2) is 0 Å². The van der Waals surface area contributed by atoms with Gasteiger partial charge >= 0.3 is 0 Å². The summed E-state index contributed by atoms with van der Waals surface area (Å²) in [6.45, 7) is 4.28. The fourth-order valence-corrected chi connectivity index (χ4v) is 5.53. The lowest BCUT2D eigenvalue weighted by atomic mass is 9.89. The molecule has 5 rings (SSSR count). The normalized spacial score (nSPS) is 19.8. The van der Waals surface area contributed by atoms with Gasteiger partial charge in [0.25, 0.3) is 5.89 Å². The first-order valence-corrected chi connectivity index (χ1v) is 13.4. The summed E-state index contributed by atoms with van der Waals surface area (Å²) in [5, 5.41) is 10.6. The largest absolute Gasteiger partial charge is 0.378 e. The zero-order chi connectivity index (χ0) is 25.8. The number of carbonyl (C=O) groups excluding carboxylic acids is 2. The third-order valence-corrected chi connectivity index (χ3v) is 7.50. The molecule has 1 aliphatic carbocycles. The zero-order valence-corrected chi connectivity index (χ0v) is 21.6. The van der Waals surface area contributed by atoms with Crippen LogP contribution in [0.1, 0.15) is 76.2 Å². The number of fused-ring (bicyclic) bond motifs is 1. The molecule has 3 aromatic rings. The number of aromatic nitrogens is 2. The van der Waals surface area contributed by atoms with Gasteiger partial charge in [-0.15, -0.1) is 0 Å². The van der Waals surface area contributed by atoms with E-state index in [9.17, 15) is 9.59 Å². The van der Waals surface area contributed by atoms with Crippen molar-refractivity contribution in [3.8, 4) is 11.5 Å². The van der Waals surface area contributed by atoms with Gasteiger partial charge in [-0.2, -0.15) is 4.98 Å². The highest BCUT2D eigenvalue weighted by Crippen LogP contribution is 2.39. The number of nitrogens with one attached hydrogen (secondary N) is 2. The van der Waals surface area contributed by atoms with Gasteiger partial charge in [0.1, 0.15) is 0 Å². The van der Waals surface area contributed by atoms with Crippen molar-refractivity contribution in [1.29, 1.82) is 0 Å². The lowest BCUT2D eigenvalue weighted by Crippen LogP contribution is -2.44. The van der Waals surface area contributed by atoms with Crippen molar-refractivity contribution in [1.82, 2.24) is 15.5 Å². The molecule has 0 radical (unpaired) electrons. The molecule has 8 nitrogen and oxygen atoms in total. The van der Waals surface area contributed by atoms with Crippen LogP contribution in [0.2, 0.25) is 0 Å². The second-order valence-corrected chi connectivity index (χ2v) is 10.1. The molecule has 1 aromatic heterocycles. The predicted octanol–water partition coefficient (Wildman–Crippen LogP) is 5.62. The molecule has 1 aliphatic heterocycles. The molecular weight excluding hydrogens is 466 g/mol. The molecule has 37 heavy (non-hydrogen) atoms. The molecule has 2 heterocycles.